The quantitative estimate of drug-likeness (QED) is 0.729. The monoisotopic (exact) mass is 387 g/mol. The smallest absolute Gasteiger partial charge is 0.411 e. The number of hydrogen-bond acceptors (Lipinski definition) is 3. The van der Waals surface area contributed by atoms with Gasteiger partial charge in [0.25, 0.3) is 0 Å². The first kappa shape index (κ1) is 17.3. The number of nitrogens with zero attached hydrogens (tertiary/aromatic N) is 1. The van der Waals surface area contributed by atoms with Crippen molar-refractivity contribution >= 4 is 33.6 Å². The summed E-state index contributed by atoms with van der Waals surface area (Å²) in [5.41, 5.74) is 0.260. The zero-order chi connectivity index (χ0) is 16.5. The lowest BCUT2D eigenvalue weighted by molar-refractivity contribution is 0.00935. The first-order valence-electron chi connectivity index (χ1n) is 6.98. The van der Waals surface area contributed by atoms with Crippen LogP contribution in [0, 0.1) is 0 Å². The van der Waals surface area contributed by atoms with Crippen molar-refractivity contribution in [3.8, 4) is 0 Å². The summed E-state index contributed by atoms with van der Waals surface area (Å²) < 4.78 is 6.27. The van der Waals surface area contributed by atoms with E-state index >= 15 is 0 Å². The molecule has 2 atom stereocenters. The van der Waals surface area contributed by atoms with Crippen LogP contribution in [0.2, 0.25) is 5.02 Å². The first-order valence-corrected chi connectivity index (χ1v) is 8.15. The number of halogens is 2. The maximum Gasteiger partial charge on any atom is 0.411 e. The fraction of sp³-hybridized carbons (Fsp3) is 0.438. The Hall–Kier alpha value is -1.04. The largest absolute Gasteiger partial charge is 0.444 e. The molecule has 120 valence electrons. The number of β-amino-alcohol motifs (C(OH)–C–C–N with tert-alkyl or cyclic N) is 1. The number of carbonyl (C=O) groups excluding carboxylic acids is 1. The Morgan fingerprint density at radius 1 is 1.36 bits per heavy atom. The molecule has 1 heterocycles. The van der Waals surface area contributed by atoms with Crippen molar-refractivity contribution in [2.75, 3.05) is 6.54 Å². The topological polar surface area (TPSA) is 49.8 Å². The van der Waals surface area contributed by atoms with Crippen LogP contribution in [0.1, 0.15) is 32.4 Å². The molecule has 0 saturated heterocycles. The molecule has 1 amide bonds. The fourth-order valence-electron chi connectivity index (χ4n) is 2.26. The van der Waals surface area contributed by atoms with Gasteiger partial charge in [0.15, 0.2) is 0 Å². The van der Waals surface area contributed by atoms with Crippen molar-refractivity contribution in [1.82, 2.24) is 4.90 Å². The number of hydrogen-bond donors (Lipinski definition) is 1. The van der Waals surface area contributed by atoms with Gasteiger partial charge >= 0.3 is 6.09 Å². The second-order valence-corrected chi connectivity index (χ2v) is 7.58. The number of benzene rings is 1. The zero-order valence-corrected chi connectivity index (χ0v) is 15.1. The molecule has 1 aliphatic heterocycles. The Morgan fingerprint density at radius 3 is 2.64 bits per heavy atom. The summed E-state index contributed by atoms with van der Waals surface area (Å²) in [7, 11) is 0. The minimum Gasteiger partial charge on any atom is -0.444 e. The molecule has 0 aliphatic carbocycles. The predicted molar refractivity (Wildman–Crippen MR) is 90.0 cm³/mol. The lowest BCUT2D eigenvalue weighted by Gasteiger charge is -2.36. The van der Waals surface area contributed by atoms with Crippen molar-refractivity contribution in [3.63, 3.8) is 0 Å². The fourth-order valence-corrected chi connectivity index (χ4v) is 3.15. The lowest BCUT2D eigenvalue weighted by Crippen LogP contribution is -2.44. The lowest BCUT2D eigenvalue weighted by atomic mass is 10.0. The predicted octanol–water partition coefficient (Wildman–Crippen LogP) is 4.31. The van der Waals surface area contributed by atoms with Crippen LogP contribution in [0.4, 0.5) is 4.79 Å². The van der Waals surface area contributed by atoms with Gasteiger partial charge in [0.2, 0.25) is 0 Å². The Balaban J connectivity index is 2.33. The van der Waals surface area contributed by atoms with E-state index in [9.17, 15) is 9.90 Å². The van der Waals surface area contributed by atoms with E-state index < -0.39 is 17.8 Å². The van der Waals surface area contributed by atoms with Gasteiger partial charge in [0, 0.05) is 9.50 Å². The Morgan fingerprint density at radius 2 is 2.05 bits per heavy atom. The number of rotatable bonds is 1. The van der Waals surface area contributed by atoms with Gasteiger partial charge in [-0.1, -0.05) is 39.7 Å². The minimum absolute atomic E-state index is 0.181. The normalized spacial score (nSPS) is 21.8. The van der Waals surface area contributed by atoms with Gasteiger partial charge in [-0.25, -0.2) is 4.79 Å². The summed E-state index contributed by atoms with van der Waals surface area (Å²) in [5, 5.41) is 10.4. The maximum absolute atomic E-state index is 12.4. The molecule has 0 radical (unpaired) electrons. The summed E-state index contributed by atoms with van der Waals surface area (Å²) >= 11 is 9.50. The van der Waals surface area contributed by atoms with Crippen LogP contribution in [-0.4, -0.2) is 34.3 Å². The van der Waals surface area contributed by atoms with Crippen LogP contribution in [-0.2, 0) is 4.74 Å². The summed E-state index contributed by atoms with van der Waals surface area (Å²) in [4.78, 5) is 13.9. The molecular weight excluding hydrogens is 370 g/mol. The van der Waals surface area contributed by atoms with E-state index in [1.165, 1.54) is 4.90 Å². The third-order valence-corrected chi connectivity index (χ3v) is 3.77. The average molecular weight is 389 g/mol. The number of ether oxygens (including phenoxy) is 1. The van der Waals surface area contributed by atoms with Crippen molar-refractivity contribution in [3.05, 3.63) is 45.4 Å². The van der Waals surface area contributed by atoms with E-state index in [1.807, 2.05) is 26.8 Å². The number of amides is 1. The molecule has 1 aromatic rings. The first-order chi connectivity index (χ1) is 10.2. The molecule has 22 heavy (non-hydrogen) atoms. The second-order valence-electron chi connectivity index (χ2n) is 6.23. The molecule has 0 aromatic heterocycles. The van der Waals surface area contributed by atoms with Gasteiger partial charge in [0.05, 0.1) is 18.7 Å². The molecule has 1 aliphatic rings. The number of carbonyl (C=O) groups is 1. The van der Waals surface area contributed by atoms with E-state index in [0.29, 0.717) is 5.02 Å². The van der Waals surface area contributed by atoms with E-state index in [4.69, 9.17) is 16.3 Å². The highest BCUT2D eigenvalue weighted by Gasteiger charge is 2.32. The van der Waals surface area contributed by atoms with Crippen molar-refractivity contribution in [2.24, 2.45) is 0 Å². The van der Waals surface area contributed by atoms with Gasteiger partial charge < -0.3 is 9.84 Å². The van der Waals surface area contributed by atoms with Gasteiger partial charge in [-0.2, -0.15) is 0 Å². The third-order valence-electron chi connectivity index (χ3n) is 3.09. The highest BCUT2D eigenvalue weighted by Crippen LogP contribution is 2.31. The summed E-state index contributed by atoms with van der Waals surface area (Å²) in [6.45, 7) is 5.62. The molecule has 0 fully saturated rings. The highest BCUT2D eigenvalue weighted by molar-refractivity contribution is 9.10. The summed E-state index contributed by atoms with van der Waals surface area (Å²) in [6.07, 6.45) is 2.31. The second kappa shape index (κ2) is 6.60. The van der Waals surface area contributed by atoms with Gasteiger partial charge in [-0.15, -0.1) is 0 Å². The Bertz CT molecular complexity index is 577. The Kier molecular flexibility index (Phi) is 5.20. The van der Waals surface area contributed by atoms with Crippen molar-refractivity contribution in [1.29, 1.82) is 0 Å². The molecule has 0 spiro atoms. The summed E-state index contributed by atoms with van der Waals surface area (Å²) in [5.74, 6) is 0. The molecule has 4 nitrogen and oxygen atoms in total. The summed E-state index contributed by atoms with van der Waals surface area (Å²) in [6, 6.07) is 5.16. The molecule has 2 unspecified atom stereocenters. The van der Waals surface area contributed by atoms with E-state index in [1.54, 1.807) is 24.3 Å². The SMILES string of the molecule is CC(C)(C)OC(=O)N1CC(O)C=CC1c1cc(Cl)cc(Br)c1. The third kappa shape index (κ3) is 4.48. The molecule has 6 heteroatoms. The van der Waals surface area contributed by atoms with Gasteiger partial charge in [-0.3, -0.25) is 4.90 Å². The molecule has 1 N–H and O–H groups in total. The van der Waals surface area contributed by atoms with Crippen LogP contribution in [0.15, 0.2) is 34.8 Å². The van der Waals surface area contributed by atoms with Crippen molar-refractivity contribution < 1.29 is 14.6 Å². The number of aliphatic hydroxyl groups is 1. The minimum atomic E-state index is -0.702. The van der Waals surface area contributed by atoms with Crippen LogP contribution < -0.4 is 0 Å². The molecular formula is C16H19BrClNO3. The van der Waals surface area contributed by atoms with Gasteiger partial charge in [-0.05, 0) is 44.5 Å². The highest BCUT2D eigenvalue weighted by atomic mass is 79.9. The van der Waals surface area contributed by atoms with Crippen LogP contribution in [0.25, 0.3) is 0 Å². The molecule has 1 aromatic carbocycles. The Labute approximate surface area is 143 Å². The van der Waals surface area contributed by atoms with Crippen LogP contribution in [0.3, 0.4) is 0 Å². The number of aliphatic hydroxyl groups excluding tert-OH is 1. The zero-order valence-electron chi connectivity index (χ0n) is 12.7. The molecule has 2 rings (SSSR count). The van der Waals surface area contributed by atoms with E-state index in [0.717, 1.165) is 10.0 Å². The van der Waals surface area contributed by atoms with Crippen LogP contribution in [0.5, 0.6) is 0 Å². The average Bonchev–Trinajstić information content (AvgIpc) is 2.35. The molecule has 0 saturated carbocycles. The van der Waals surface area contributed by atoms with Crippen LogP contribution >= 0.6 is 27.5 Å². The van der Waals surface area contributed by atoms with E-state index in [-0.39, 0.29) is 12.6 Å². The van der Waals surface area contributed by atoms with Crippen molar-refractivity contribution in [2.45, 2.75) is 38.5 Å². The van der Waals surface area contributed by atoms with Gasteiger partial charge in [0.1, 0.15) is 5.60 Å². The van der Waals surface area contributed by atoms with E-state index in [2.05, 4.69) is 15.9 Å². The molecule has 0 bridgehead atoms. The standard InChI is InChI=1S/C16H19BrClNO3/c1-16(2,3)22-15(21)19-9-13(20)4-5-14(19)10-6-11(17)8-12(18)7-10/h4-8,13-14,20H,9H2,1-3H3. The maximum atomic E-state index is 12.4.